The van der Waals surface area contributed by atoms with E-state index in [-0.39, 0.29) is 30.1 Å². The second-order valence-electron chi connectivity index (χ2n) is 7.63. The lowest BCUT2D eigenvalue weighted by atomic mass is 9.95. The molecule has 7 heteroatoms. The maximum absolute atomic E-state index is 13.1. The molecule has 1 aromatic rings. The predicted octanol–water partition coefficient (Wildman–Crippen LogP) is 1.79. The van der Waals surface area contributed by atoms with E-state index in [1.807, 2.05) is 9.80 Å². The van der Waals surface area contributed by atoms with Gasteiger partial charge >= 0.3 is 0 Å². The summed E-state index contributed by atoms with van der Waals surface area (Å²) in [5, 5.41) is 0. The van der Waals surface area contributed by atoms with Crippen LogP contribution in [0.1, 0.15) is 32.1 Å². The van der Waals surface area contributed by atoms with Gasteiger partial charge in [-0.15, -0.1) is 0 Å². The third-order valence-electron chi connectivity index (χ3n) is 5.87. The number of benzene rings is 1. The Kier molecular flexibility index (Phi) is 4.95. The highest BCUT2D eigenvalue weighted by molar-refractivity contribution is 6.22. The molecule has 0 aliphatic carbocycles. The van der Waals surface area contributed by atoms with Crippen LogP contribution in [0.15, 0.2) is 24.3 Å². The second kappa shape index (κ2) is 7.38. The molecule has 0 N–H and O–H groups in total. The number of nitrogens with zero attached hydrogens (tertiary/aromatic N) is 3. The van der Waals surface area contributed by atoms with Crippen LogP contribution in [0.25, 0.3) is 0 Å². The number of amides is 3. The summed E-state index contributed by atoms with van der Waals surface area (Å²) < 4.78 is 13.1. The van der Waals surface area contributed by atoms with Gasteiger partial charge in [-0.3, -0.25) is 19.3 Å². The molecule has 144 valence electrons. The zero-order valence-corrected chi connectivity index (χ0v) is 15.3. The number of piperidine rings is 1. The van der Waals surface area contributed by atoms with Crippen LogP contribution in [0.5, 0.6) is 0 Å². The largest absolute Gasteiger partial charge is 0.342 e. The minimum atomic E-state index is -0.531. The van der Waals surface area contributed by atoms with Crippen molar-refractivity contribution in [2.45, 2.75) is 38.1 Å². The SMILES string of the molecule is O=C([C@@H]1CCCN([C@H]2CC(=O)N(c3ccc(F)cc3)C2=O)C1)N1CCCC1. The number of carbonyl (C=O) groups is 3. The molecule has 4 rings (SSSR count). The number of rotatable bonds is 3. The fraction of sp³-hybridized carbons (Fsp3) is 0.550. The minimum absolute atomic E-state index is 0.0976. The first-order valence-corrected chi connectivity index (χ1v) is 9.70. The molecule has 0 radical (unpaired) electrons. The Labute approximate surface area is 157 Å². The predicted molar refractivity (Wildman–Crippen MR) is 97.4 cm³/mol. The summed E-state index contributed by atoms with van der Waals surface area (Å²) in [6.45, 7) is 2.89. The van der Waals surface area contributed by atoms with Crippen molar-refractivity contribution in [1.82, 2.24) is 9.80 Å². The van der Waals surface area contributed by atoms with Crippen LogP contribution in [0.2, 0.25) is 0 Å². The fourth-order valence-electron chi connectivity index (χ4n) is 4.45. The van der Waals surface area contributed by atoms with Gasteiger partial charge in [0.2, 0.25) is 11.8 Å². The molecule has 6 nitrogen and oxygen atoms in total. The second-order valence-corrected chi connectivity index (χ2v) is 7.63. The van der Waals surface area contributed by atoms with Crippen molar-refractivity contribution in [3.05, 3.63) is 30.1 Å². The maximum Gasteiger partial charge on any atom is 0.251 e. The Morgan fingerprint density at radius 3 is 2.41 bits per heavy atom. The quantitative estimate of drug-likeness (QED) is 0.758. The molecule has 1 aromatic carbocycles. The van der Waals surface area contributed by atoms with Crippen LogP contribution >= 0.6 is 0 Å². The zero-order valence-electron chi connectivity index (χ0n) is 15.3. The van der Waals surface area contributed by atoms with Gasteiger partial charge in [-0.2, -0.15) is 0 Å². The van der Waals surface area contributed by atoms with Gasteiger partial charge < -0.3 is 4.90 Å². The molecule has 3 aliphatic rings. The van der Waals surface area contributed by atoms with E-state index < -0.39 is 11.9 Å². The molecule has 27 heavy (non-hydrogen) atoms. The molecule has 0 saturated carbocycles. The zero-order chi connectivity index (χ0) is 19.0. The van der Waals surface area contributed by atoms with Crippen molar-refractivity contribution >= 4 is 23.4 Å². The number of anilines is 1. The molecule has 3 fully saturated rings. The van der Waals surface area contributed by atoms with E-state index in [9.17, 15) is 18.8 Å². The van der Waals surface area contributed by atoms with Gasteiger partial charge in [0.1, 0.15) is 5.82 Å². The number of halogens is 1. The topological polar surface area (TPSA) is 60.9 Å². The Morgan fingerprint density at radius 1 is 1.00 bits per heavy atom. The van der Waals surface area contributed by atoms with E-state index in [0.717, 1.165) is 43.7 Å². The van der Waals surface area contributed by atoms with E-state index in [0.29, 0.717) is 18.8 Å². The smallest absolute Gasteiger partial charge is 0.251 e. The maximum atomic E-state index is 13.1. The van der Waals surface area contributed by atoms with Crippen LogP contribution < -0.4 is 4.90 Å². The summed E-state index contributed by atoms with van der Waals surface area (Å²) in [7, 11) is 0. The van der Waals surface area contributed by atoms with Crippen LogP contribution in [0, 0.1) is 11.7 Å². The standard InChI is InChI=1S/C20H24FN3O3/c21-15-5-7-16(8-6-15)24-18(25)12-17(20(24)27)23-11-3-4-14(13-23)19(26)22-9-1-2-10-22/h5-8,14,17H,1-4,9-13H2/t14-,17+/m1/s1. The van der Waals surface area contributed by atoms with Gasteiger partial charge in [0.05, 0.1) is 24.1 Å². The molecule has 3 saturated heterocycles. The van der Waals surface area contributed by atoms with Gasteiger partial charge in [-0.05, 0) is 56.5 Å². The molecule has 0 bridgehead atoms. The van der Waals surface area contributed by atoms with Crippen molar-refractivity contribution < 1.29 is 18.8 Å². The number of imide groups is 1. The molecule has 3 aliphatic heterocycles. The van der Waals surface area contributed by atoms with Crippen LogP contribution in [0.4, 0.5) is 10.1 Å². The molecule has 3 heterocycles. The Balaban J connectivity index is 1.46. The van der Waals surface area contributed by atoms with E-state index in [1.165, 1.54) is 24.3 Å². The normalized spacial score (nSPS) is 26.9. The van der Waals surface area contributed by atoms with Crippen molar-refractivity contribution in [3.63, 3.8) is 0 Å². The van der Waals surface area contributed by atoms with Crippen LogP contribution in [-0.4, -0.2) is 59.7 Å². The van der Waals surface area contributed by atoms with E-state index in [2.05, 4.69) is 0 Å². The summed E-state index contributed by atoms with van der Waals surface area (Å²) in [6.07, 6.45) is 3.91. The van der Waals surface area contributed by atoms with Gasteiger partial charge in [0.15, 0.2) is 0 Å². The third-order valence-corrected chi connectivity index (χ3v) is 5.87. The van der Waals surface area contributed by atoms with Gasteiger partial charge in [-0.1, -0.05) is 0 Å². The summed E-state index contributed by atoms with van der Waals surface area (Å²) in [5.74, 6) is -0.872. The van der Waals surface area contributed by atoms with E-state index >= 15 is 0 Å². The fourth-order valence-corrected chi connectivity index (χ4v) is 4.45. The first-order chi connectivity index (χ1) is 13.0. The van der Waals surface area contributed by atoms with Crippen molar-refractivity contribution in [3.8, 4) is 0 Å². The number of hydrogen-bond donors (Lipinski definition) is 0. The lowest BCUT2D eigenvalue weighted by Crippen LogP contribution is -2.50. The highest BCUT2D eigenvalue weighted by Crippen LogP contribution is 2.29. The highest BCUT2D eigenvalue weighted by atomic mass is 19.1. The summed E-state index contributed by atoms with van der Waals surface area (Å²) in [6, 6.07) is 4.85. The van der Waals surface area contributed by atoms with E-state index in [4.69, 9.17) is 0 Å². The lowest BCUT2D eigenvalue weighted by Gasteiger charge is -2.36. The summed E-state index contributed by atoms with van der Waals surface area (Å²) >= 11 is 0. The van der Waals surface area contributed by atoms with E-state index in [1.54, 1.807) is 0 Å². The Morgan fingerprint density at radius 2 is 1.70 bits per heavy atom. The first-order valence-electron chi connectivity index (χ1n) is 9.70. The Bertz CT molecular complexity index is 745. The number of carbonyl (C=O) groups excluding carboxylic acids is 3. The molecule has 0 spiro atoms. The van der Waals surface area contributed by atoms with Crippen molar-refractivity contribution in [1.29, 1.82) is 0 Å². The van der Waals surface area contributed by atoms with Crippen molar-refractivity contribution in [2.24, 2.45) is 5.92 Å². The molecular formula is C20H24FN3O3. The number of likely N-dealkylation sites (tertiary alicyclic amines) is 2. The minimum Gasteiger partial charge on any atom is -0.342 e. The van der Waals surface area contributed by atoms with Crippen LogP contribution in [0.3, 0.4) is 0 Å². The monoisotopic (exact) mass is 373 g/mol. The molecule has 0 unspecified atom stereocenters. The lowest BCUT2D eigenvalue weighted by molar-refractivity contribution is -0.137. The molecular weight excluding hydrogens is 349 g/mol. The Hall–Kier alpha value is -2.28. The highest BCUT2D eigenvalue weighted by Gasteiger charge is 2.44. The van der Waals surface area contributed by atoms with Crippen LogP contribution in [-0.2, 0) is 14.4 Å². The molecule has 3 amide bonds. The third kappa shape index (κ3) is 3.48. The average Bonchev–Trinajstić information content (AvgIpc) is 3.31. The van der Waals surface area contributed by atoms with Gasteiger partial charge in [0.25, 0.3) is 5.91 Å². The first kappa shape index (κ1) is 18.1. The van der Waals surface area contributed by atoms with Gasteiger partial charge in [0, 0.05) is 19.6 Å². The summed E-state index contributed by atoms with van der Waals surface area (Å²) in [4.78, 5) is 43.2. The summed E-state index contributed by atoms with van der Waals surface area (Å²) in [5.41, 5.74) is 0.399. The van der Waals surface area contributed by atoms with Gasteiger partial charge in [-0.25, -0.2) is 9.29 Å². The molecule has 2 atom stereocenters. The van der Waals surface area contributed by atoms with Crippen molar-refractivity contribution in [2.75, 3.05) is 31.1 Å². The number of hydrogen-bond acceptors (Lipinski definition) is 4. The molecule has 0 aromatic heterocycles. The average molecular weight is 373 g/mol.